The topological polar surface area (TPSA) is 86.3 Å². The second-order valence-corrected chi connectivity index (χ2v) is 8.60. The van der Waals surface area contributed by atoms with E-state index in [4.69, 9.17) is 10.5 Å². The number of carbonyl (C=O) groups excluding carboxylic acids is 1. The van der Waals surface area contributed by atoms with Gasteiger partial charge in [-0.25, -0.2) is 4.68 Å². The van der Waals surface area contributed by atoms with Crippen molar-refractivity contribution >= 4 is 16.9 Å². The lowest BCUT2D eigenvalue weighted by molar-refractivity contribution is 0.0996. The molecular weight excluding hydrogens is 366 g/mol. The molecule has 2 heterocycles. The van der Waals surface area contributed by atoms with Gasteiger partial charge in [0.15, 0.2) is 0 Å². The Morgan fingerprint density at radius 2 is 2.03 bits per heavy atom. The molecule has 1 atom stereocenters. The van der Waals surface area contributed by atoms with E-state index in [0.717, 1.165) is 49.1 Å². The number of amides is 1. The molecule has 158 valence electrons. The highest BCUT2D eigenvalue weighted by atomic mass is 16.5. The molecule has 29 heavy (non-hydrogen) atoms. The number of ether oxygens (including phenoxy) is 1. The number of aromatic nitrogens is 3. The van der Waals surface area contributed by atoms with Crippen LogP contribution in [0.1, 0.15) is 73.8 Å². The fraction of sp³-hybridized carbons (Fsp3) is 0.682. The summed E-state index contributed by atoms with van der Waals surface area (Å²) in [6.45, 7) is 5.39. The first kappa shape index (κ1) is 20.1. The summed E-state index contributed by atoms with van der Waals surface area (Å²) in [6, 6.07) is 2.19. The van der Waals surface area contributed by atoms with Crippen LogP contribution in [0.4, 0.5) is 0 Å². The monoisotopic (exact) mass is 399 g/mol. The molecule has 1 saturated carbocycles. The minimum Gasteiger partial charge on any atom is -0.496 e. The molecule has 7 nitrogen and oxygen atoms in total. The lowest BCUT2D eigenvalue weighted by atomic mass is 9.98. The normalized spacial score (nSPS) is 21.5. The predicted molar refractivity (Wildman–Crippen MR) is 113 cm³/mol. The Hall–Kier alpha value is -2.15. The molecule has 7 heteroatoms. The molecule has 1 amide bonds. The van der Waals surface area contributed by atoms with Crippen molar-refractivity contribution < 1.29 is 9.53 Å². The molecule has 0 unspecified atom stereocenters. The fourth-order valence-electron chi connectivity index (χ4n) is 4.66. The second kappa shape index (κ2) is 8.69. The van der Waals surface area contributed by atoms with E-state index in [1.54, 1.807) is 7.11 Å². The number of methoxy groups -OCH3 is 1. The second-order valence-electron chi connectivity index (χ2n) is 8.60. The predicted octanol–water partition coefficient (Wildman–Crippen LogP) is 3.32. The van der Waals surface area contributed by atoms with Gasteiger partial charge in [-0.15, -0.1) is 5.10 Å². The largest absolute Gasteiger partial charge is 0.496 e. The zero-order valence-electron chi connectivity index (χ0n) is 17.7. The molecule has 2 aromatic rings. The van der Waals surface area contributed by atoms with Gasteiger partial charge >= 0.3 is 0 Å². The molecular formula is C22H33N5O2. The van der Waals surface area contributed by atoms with Crippen LogP contribution in [0.3, 0.4) is 0 Å². The van der Waals surface area contributed by atoms with E-state index < -0.39 is 5.91 Å². The lowest BCUT2D eigenvalue weighted by Gasteiger charge is -2.26. The van der Waals surface area contributed by atoms with Crippen LogP contribution in [0.25, 0.3) is 11.0 Å². The Bertz CT molecular complexity index is 874. The number of fused-ring (bicyclic) bond motifs is 1. The molecule has 1 aliphatic carbocycles. The molecule has 1 aliphatic heterocycles. The lowest BCUT2D eigenvalue weighted by Crippen LogP contribution is -2.31. The Morgan fingerprint density at radius 1 is 1.24 bits per heavy atom. The summed E-state index contributed by atoms with van der Waals surface area (Å²) in [5.41, 5.74) is 8.90. The van der Waals surface area contributed by atoms with Gasteiger partial charge in [0.1, 0.15) is 11.3 Å². The van der Waals surface area contributed by atoms with Gasteiger partial charge in [-0.1, -0.05) is 31.4 Å². The number of rotatable bonds is 6. The molecule has 0 radical (unpaired) electrons. The smallest absolute Gasteiger partial charge is 0.252 e. The standard InChI is InChI=1S/C22H33N5O2/c1-3-26-11-7-5-4-6-8-16(14-26)27-18-13-19(29-2)20(22(23)28)17(12-15-9-10-15)21(18)24-25-27/h13,15-16H,3-12,14H2,1-2H3,(H2,23,28)/t16-/m1/s1. The number of hydrogen-bond donors (Lipinski definition) is 1. The number of benzene rings is 1. The van der Waals surface area contributed by atoms with Gasteiger partial charge in [-0.2, -0.15) is 0 Å². The molecule has 1 aromatic carbocycles. The minimum atomic E-state index is -0.450. The van der Waals surface area contributed by atoms with Crippen LogP contribution in [0.2, 0.25) is 0 Å². The summed E-state index contributed by atoms with van der Waals surface area (Å²) >= 11 is 0. The van der Waals surface area contributed by atoms with Crippen molar-refractivity contribution in [1.82, 2.24) is 19.9 Å². The Kier molecular flexibility index (Phi) is 6.04. The number of primary amides is 1. The van der Waals surface area contributed by atoms with Gasteiger partial charge in [0.05, 0.1) is 24.2 Å². The average Bonchev–Trinajstić information content (AvgIpc) is 3.40. The van der Waals surface area contributed by atoms with Crippen molar-refractivity contribution in [2.75, 3.05) is 26.7 Å². The van der Waals surface area contributed by atoms with E-state index >= 15 is 0 Å². The number of likely N-dealkylation sites (N-methyl/N-ethyl adjacent to an activating group) is 1. The maximum atomic E-state index is 12.2. The van der Waals surface area contributed by atoms with Crippen molar-refractivity contribution in [2.24, 2.45) is 11.7 Å². The molecule has 1 saturated heterocycles. The van der Waals surface area contributed by atoms with Crippen molar-refractivity contribution in [3.63, 3.8) is 0 Å². The third-order valence-electron chi connectivity index (χ3n) is 6.51. The molecule has 2 N–H and O–H groups in total. The van der Waals surface area contributed by atoms with Gasteiger partial charge < -0.3 is 15.4 Å². The minimum absolute atomic E-state index is 0.274. The summed E-state index contributed by atoms with van der Waals surface area (Å²) in [5, 5.41) is 9.14. The van der Waals surface area contributed by atoms with Gasteiger partial charge in [0.2, 0.25) is 0 Å². The summed E-state index contributed by atoms with van der Waals surface area (Å²) in [6.07, 6.45) is 9.32. The summed E-state index contributed by atoms with van der Waals surface area (Å²) in [4.78, 5) is 14.8. The first-order chi connectivity index (χ1) is 14.1. The van der Waals surface area contributed by atoms with E-state index in [-0.39, 0.29) is 6.04 Å². The highest BCUT2D eigenvalue weighted by Gasteiger charge is 2.30. The number of carbonyl (C=O) groups is 1. The van der Waals surface area contributed by atoms with Crippen molar-refractivity contribution in [3.05, 3.63) is 17.2 Å². The van der Waals surface area contributed by atoms with Gasteiger partial charge in [-0.05, 0) is 56.7 Å². The van der Waals surface area contributed by atoms with Crippen LogP contribution >= 0.6 is 0 Å². The maximum absolute atomic E-state index is 12.2. The summed E-state index contributed by atoms with van der Waals surface area (Å²) in [5.74, 6) is 0.696. The van der Waals surface area contributed by atoms with Gasteiger partial charge in [0.25, 0.3) is 5.91 Å². The van der Waals surface area contributed by atoms with Crippen LogP contribution < -0.4 is 10.5 Å². The Balaban J connectivity index is 1.79. The molecule has 2 fully saturated rings. The van der Waals surface area contributed by atoms with E-state index in [1.807, 2.05) is 6.07 Å². The molecule has 4 rings (SSSR count). The first-order valence-corrected chi connectivity index (χ1v) is 11.1. The van der Waals surface area contributed by atoms with Crippen LogP contribution in [0.5, 0.6) is 5.75 Å². The Labute approximate surface area is 172 Å². The molecule has 1 aromatic heterocycles. The summed E-state index contributed by atoms with van der Waals surface area (Å²) < 4.78 is 7.67. The van der Waals surface area contributed by atoms with Crippen LogP contribution in [-0.4, -0.2) is 52.5 Å². The fourth-order valence-corrected chi connectivity index (χ4v) is 4.66. The van der Waals surface area contributed by atoms with E-state index in [1.165, 1.54) is 38.5 Å². The average molecular weight is 400 g/mol. The highest BCUT2D eigenvalue weighted by molar-refractivity contribution is 6.02. The number of hydrogen-bond acceptors (Lipinski definition) is 5. The number of nitrogens with two attached hydrogens (primary N) is 1. The van der Waals surface area contributed by atoms with E-state index in [9.17, 15) is 4.79 Å². The first-order valence-electron chi connectivity index (χ1n) is 11.1. The van der Waals surface area contributed by atoms with Crippen molar-refractivity contribution in [2.45, 2.75) is 64.3 Å². The number of nitrogens with zero attached hydrogens (tertiary/aromatic N) is 4. The molecule has 0 spiro atoms. The summed E-state index contributed by atoms with van der Waals surface area (Å²) in [7, 11) is 1.60. The van der Waals surface area contributed by atoms with Gasteiger partial charge in [-0.3, -0.25) is 4.79 Å². The van der Waals surface area contributed by atoms with Crippen molar-refractivity contribution in [3.8, 4) is 5.75 Å². The third-order valence-corrected chi connectivity index (χ3v) is 6.51. The highest BCUT2D eigenvalue weighted by Crippen LogP contribution is 2.39. The Morgan fingerprint density at radius 3 is 2.72 bits per heavy atom. The van der Waals surface area contributed by atoms with E-state index in [2.05, 4.69) is 26.8 Å². The van der Waals surface area contributed by atoms with Crippen LogP contribution in [0.15, 0.2) is 6.07 Å². The van der Waals surface area contributed by atoms with Crippen LogP contribution in [0, 0.1) is 5.92 Å². The third kappa shape index (κ3) is 4.25. The molecule has 0 bridgehead atoms. The molecule has 2 aliphatic rings. The van der Waals surface area contributed by atoms with Gasteiger partial charge in [0, 0.05) is 12.6 Å². The van der Waals surface area contributed by atoms with Crippen LogP contribution in [-0.2, 0) is 6.42 Å². The van der Waals surface area contributed by atoms with E-state index in [0.29, 0.717) is 17.2 Å². The SMILES string of the molecule is CCN1CCCCCC[C@@H](n2nnc3c(CC4CC4)c(C(N)=O)c(OC)cc32)C1. The maximum Gasteiger partial charge on any atom is 0.252 e. The zero-order valence-corrected chi connectivity index (χ0v) is 17.7. The zero-order chi connectivity index (χ0) is 20.4. The van der Waals surface area contributed by atoms with Crippen molar-refractivity contribution in [1.29, 1.82) is 0 Å². The quantitative estimate of drug-likeness (QED) is 0.805.